The maximum Gasteiger partial charge on any atom is 0.493 e. The number of aromatic nitrogens is 2. The Balaban J connectivity index is 2.06. The zero-order valence-corrected chi connectivity index (χ0v) is 13.6. The Bertz CT molecular complexity index is 757. The van der Waals surface area contributed by atoms with Crippen LogP contribution in [0.2, 0.25) is 0 Å². The van der Waals surface area contributed by atoms with Gasteiger partial charge in [-0.1, -0.05) is 0 Å². The molecular formula is C15H18BF3N2O4. The summed E-state index contributed by atoms with van der Waals surface area (Å²) in [6.45, 7) is 0.641. The van der Waals surface area contributed by atoms with Crippen LogP contribution in [0.3, 0.4) is 0 Å². The number of hydrogen-bond acceptors (Lipinski definition) is 5. The van der Waals surface area contributed by atoms with Gasteiger partial charge in [0.15, 0.2) is 12.8 Å². The van der Waals surface area contributed by atoms with Gasteiger partial charge in [-0.15, -0.1) is 0 Å². The van der Waals surface area contributed by atoms with E-state index in [2.05, 4.69) is 5.10 Å². The maximum absolute atomic E-state index is 12.5. The van der Waals surface area contributed by atoms with E-state index in [0.29, 0.717) is 23.1 Å². The minimum absolute atomic E-state index is 0.124. The number of rotatable bonds is 4. The summed E-state index contributed by atoms with van der Waals surface area (Å²) >= 11 is 0. The fraction of sp³-hybridized carbons (Fsp3) is 0.533. The quantitative estimate of drug-likeness (QED) is 0.814. The lowest BCUT2D eigenvalue weighted by Gasteiger charge is -2.24. The molecule has 0 aliphatic carbocycles. The summed E-state index contributed by atoms with van der Waals surface area (Å²) in [6.07, 6.45) is -0.713. The predicted molar refractivity (Wildman–Crippen MR) is 84.7 cm³/mol. The Morgan fingerprint density at radius 3 is 2.76 bits per heavy atom. The molecule has 0 amide bonds. The van der Waals surface area contributed by atoms with Gasteiger partial charge in [0.2, 0.25) is 0 Å². The smallest absolute Gasteiger partial charge is 0.484 e. The van der Waals surface area contributed by atoms with E-state index in [1.165, 1.54) is 6.20 Å². The second-order valence-corrected chi connectivity index (χ2v) is 6.06. The van der Waals surface area contributed by atoms with Crippen LogP contribution in [-0.4, -0.2) is 46.3 Å². The molecule has 25 heavy (non-hydrogen) atoms. The molecule has 0 radical (unpaired) electrons. The van der Waals surface area contributed by atoms with E-state index in [-0.39, 0.29) is 17.4 Å². The van der Waals surface area contributed by atoms with Gasteiger partial charge in [0.1, 0.15) is 5.75 Å². The molecule has 1 aliphatic heterocycles. The van der Waals surface area contributed by atoms with Gasteiger partial charge in [-0.25, -0.2) is 4.68 Å². The Labute approximate surface area is 142 Å². The zero-order chi connectivity index (χ0) is 18.2. The topological polar surface area (TPSA) is 76.7 Å². The molecule has 1 aromatic heterocycles. The molecule has 10 heteroatoms. The highest BCUT2D eigenvalue weighted by Crippen LogP contribution is 2.30. The average Bonchev–Trinajstić information content (AvgIpc) is 2.95. The number of alkyl halides is 3. The van der Waals surface area contributed by atoms with Crippen molar-refractivity contribution in [3.63, 3.8) is 0 Å². The van der Waals surface area contributed by atoms with E-state index in [9.17, 15) is 23.2 Å². The Morgan fingerprint density at radius 1 is 1.40 bits per heavy atom. The second-order valence-electron chi connectivity index (χ2n) is 6.06. The number of halogens is 3. The summed E-state index contributed by atoms with van der Waals surface area (Å²) in [5, 5.41) is 24.0. The van der Waals surface area contributed by atoms with E-state index in [4.69, 9.17) is 9.47 Å². The van der Waals surface area contributed by atoms with Gasteiger partial charge in [0.05, 0.1) is 11.7 Å². The second kappa shape index (κ2) is 6.85. The normalized spacial score (nSPS) is 18.6. The molecular weight excluding hydrogens is 340 g/mol. The van der Waals surface area contributed by atoms with Crippen molar-refractivity contribution in [2.24, 2.45) is 0 Å². The first-order valence-corrected chi connectivity index (χ1v) is 7.96. The molecule has 1 fully saturated rings. The van der Waals surface area contributed by atoms with E-state index >= 15 is 0 Å². The van der Waals surface area contributed by atoms with Gasteiger partial charge in [-0.05, 0) is 37.8 Å². The molecule has 0 saturated carbocycles. The summed E-state index contributed by atoms with van der Waals surface area (Å²) in [5.74, 6) is -0.191. The van der Waals surface area contributed by atoms with Crippen LogP contribution in [0, 0.1) is 6.92 Å². The van der Waals surface area contributed by atoms with Gasteiger partial charge in [-0.3, -0.25) is 0 Å². The van der Waals surface area contributed by atoms with Crippen molar-refractivity contribution < 1.29 is 32.7 Å². The number of nitrogens with zero attached hydrogens (tertiary/aromatic N) is 2. The largest absolute Gasteiger partial charge is 0.493 e. The molecule has 2 heterocycles. The number of fused-ring (bicyclic) bond motifs is 1. The molecule has 1 atom stereocenters. The van der Waals surface area contributed by atoms with Gasteiger partial charge in [0, 0.05) is 17.5 Å². The molecule has 3 rings (SSSR count). The van der Waals surface area contributed by atoms with Crippen molar-refractivity contribution in [3.8, 4) is 5.75 Å². The summed E-state index contributed by atoms with van der Waals surface area (Å²) in [6, 6.07) is 1.62. The number of benzene rings is 1. The highest BCUT2D eigenvalue weighted by Gasteiger charge is 2.32. The summed E-state index contributed by atoms with van der Waals surface area (Å²) in [4.78, 5) is 0. The van der Waals surface area contributed by atoms with Crippen molar-refractivity contribution in [2.75, 3.05) is 13.2 Å². The minimum atomic E-state index is -4.53. The van der Waals surface area contributed by atoms with Crippen LogP contribution in [0.15, 0.2) is 12.3 Å². The fourth-order valence-corrected chi connectivity index (χ4v) is 3.08. The Morgan fingerprint density at radius 2 is 2.16 bits per heavy atom. The van der Waals surface area contributed by atoms with E-state index in [1.54, 1.807) is 17.7 Å². The highest BCUT2D eigenvalue weighted by molar-refractivity contribution is 6.63. The average molecular weight is 358 g/mol. The van der Waals surface area contributed by atoms with E-state index in [0.717, 1.165) is 19.3 Å². The third-order valence-electron chi connectivity index (χ3n) is 4.15. The Kier molecular flexibility index (Phi) is 4.94. The van der Waals surface area contributed by atoms with E-state index < -0.39 is 19.9 Å². The monoisotopic (exact) mass is 358 g/mol. The minimum Gasteiger partial charge on any atom is -0.484 e. The molecule has 1 aliphatic rings. The van der Waals surface area contributed by atoms with Gasteiger partial charge >= 0.3 is 13.3 Å². The zero-order valence-electron chi connectivity index (χ0n) is 13.6. The molecule has 2 N–H and O–H groups in total. The number of ether oxygens (including phenoxy) is 2. The highest BCUT2D eigenvalue weighted by atomic mass is 19.4. The van der Waals surface area contributed by atoms with Crippen LogP contribution in [0.25, 0.3) is 10.9 Å². The van der Waals surface area contributed by atoms with Crippen LogP contribution in [0.4, 0.5) is 13.2 Å². The van der Waals surface area contributed by atoms with Crippen molar-refractivity contribution in [1.82, 2.24) is 9.78 Å². The molecule has 2 aromatic rings. The molecule has 1 unspecified atom stereocenters. The molecule has 136 valence electrons. The summed E-state index contributed by atoms with van der Waals surface area (Å²) < 4.78 is 49.6. The molecule has 1 aromatic carbocycles. The number of hydrogen-bond donors (Lipinski definition) is 2. The third-order valence-corrected chi connectivity index (χ3v) is 4.15. The van der Waals surface area contributed by atoms with Crippen LogP contribution in [-0.2, 0) is 4.74 Å². The van der Waals surface area contributed by atoms with Gasteiger partial charge in [-0.2, -0.15) is 18.3 Å². The first-order valence-electron chi connectivity index (χ1n) is 7.96. The molecule has 1 saturated heterocycles. The first kappa shape index (κ1) is 18.0. The van der Waals surface area contributed by atoms with Crippen LogP contribution < -0.4 is 10.2 Å². The molecule has 0 bridgehead atoms. The van der Waals surface area contributed by atoms with Crippen molar-refractivity contribution in [1.29, 1.82) is 0 Å². The standard InChI is InChI=1S/C15H18BF3N2O4/c1-9-6-11-10(7-20-21(11)12-4-2-3-5-24-12)13(16(22)23)14(9)25-8-15(17,18)19/h6-7,12,22-23H,2-5,8H2,1H3. The van der Waals surface area contributed by atoms with Crippen molar-refractivity contribution in [2.45, 2.75) is 38.6 Å². The fourth-order valence-electron chi connectivity index (χ4n) is 3.08. The third kappa shape index (κ3) is 3.75. The SMILES string of the molecule is Cc1cc2c(cnn2C2CCCCO2)c(B(O)O)c1OCC(F)(F)F. The lowest BCUT2D eigenvalue weighted by Crippen LogP contribution is -2.34. The predicted octanol–water partition coefficient (Wildman–Crippen LogP) is 1.66. The molecule has 0 spiro atoms. The lowest BCUT2D eigenvalue weighted by atomic mass is 9.76. The maximum atomic E-state index is 12.5. The van der Waals surface area contributed by atoms with Crippen LogP contribution in [0.1, 0.15) is 31.1 Å². The number of aryl methyl sites for hydroxylation is 1. The first-order chi connectivity index (χ1) is 11.8. The van der Waals surface area contributed by atoms with Gasteiger partial charge in [0.25, 0.3) is 0 Å². The van der Waals surface area contributed by atoms with Crippen molar-refractivity contribution >= 4 is 23.5 Å². The van der Waals surface area contributed by atoms with E-state index in [1.807, 2.05) is 0 Å². The van der Waals surface area contributed by atoms with Crippen LogP contribution in [0.5, 0.6) is 5.75 Å². The summed E-state index contributed by atoms with van der Waals surface area (Å²) in [7, 11) is -1.99. The lowest BCUT2D eigenvalue weighted by molar-refractivity contribution is -0.153. The van der Waals surface area contributed by atoms with Gasteiger partial charge < -0.3 is 19.5 Å². The summed E-state index contributed by atoms with van der Waals surface area (Å²) in [5.41, 5.74) is 0.797. The molecule has 6 nitrogen and oxygen atoms in total. The van der Waals surface area contributed by atoms with Crippen molar-refractivity contribution in [3.05, 3.63) is 17.8 Å². The van der Waals surface area contributed by atoms with Crippen LogP contribution >= 0.6 is 0 Å². The Hall–Kier alpha value is -1.78.